The zero-order valence-corrected chi connectivity index (χ0v) is 9.51. The minimum atomic E-state index is -0.466. The number of carbonyl (C=O) groups excluding carboxylic acids is 1. The smallest absolute Gasteiger partial charge is 0.226 e. The van der Waals surface area contributed by atoms with Crippen LogP contribution in [0.1, 0.15) is 11.5 Å². The maximum Gasteiger partial charge on any atom is 0.226 e. The van der Waals surface area contributed by atoms with Gasteiger partial charge in [-0.15, -0.1) is 0 Å². The Morgan fingerprint density at radius 3 is 2.56 bits per heavy atom. The van der Waals surface area contributed by atoms with Crippen molar-refractivity contribution in [2.75, 3.05) is 19.8 Å². The first-order chi connectivity index (χ1) is 7.65. The minimum absolute atomic E-state index is 0.220. The van der Waals surface area contributed by atoms with Gasteiger partial charge in [0, 0.05) is 18.1 Å². The Kier molecular flexibility index (Phi) is 5.22. The van der Waals surface area contributed by atoms with Gasteiger partial charge in [0.15, 0.2) is 0 Å². The molecule has 5 heteroatoms. The highest BCUT2D eigenvalue weighted by atomic mass is 35.5. The number of rotatable bonds is 6. The molecule has 0 radical (unpaired) electrons. The van der Waals surface area contributed by atoms with Crippen LogP contribution >= 0.6 is 11.6 Å². The summed E-state index contributed by atoms with van der Waals surface area (Å²) in [5.74, 6) is -0.891. The molecule has 0 fully saturated rings. The first-order valence-electron chi connectivity index (χ1n) is 4.96. The highest BCUT2D eigenvalue weighted by molar-refractivity contribution is 6.30. The van der Waals surface area contributed by atoms with Gasteiger partial charge in [-0.25, -0.2) is 4.39 Å². The number of hydrogen-bond acceptors (Lipinski definition) is 2. The van der Waals surface area contributed by atoms with E-state index in [9.17, 15) is 9.18 Å². The van der Waals surface area contributed by atoms with E-state index < -0.39 is 18.5 Å². The van der Waals surface area contributed by atoms with Crippen molar-refractivity contribution in [1.82, 2.24) is 5.32 Å². The molecule has 1 atom stereocenters. The lowest BCUT2D eigenvalue weighted by Gasteiger charge is -2.14. The summed E-state index contributed by atoms with van der Waals surface area (Å²) in [5, 5.41) is 3.42. The maximum atomic E-state index is 11.9. The van der Waals surface area contributed by atoms with Crippen molar-refractivity contribution in [3.8, 4) is 0 Å². The van der Waals surface area contributed by atoms with Crippen molar-refractivity contribution in [3.05, 3.63) is 34.9 Å². The van der Waals surface area contributed by atoms with Crippen molar-refractivity contribution < 1.29 is 9.18 Å². The molecule has 0 unspecified atom stereocenters. The van der Waals surface area contributed by atoms with Crippen LogP contribution < -0.4 is 11.1 Å². The summed E-state index contributed by atoms with van der Waals surface area (Å²) in [6.45, 7) is 0.0877. The van der Waals surface area contributed by atoms with Crippen LogP contribution in [-0.4, -0.2) is 25.7 Å². The molecule has 1 aromatic rings. The molecule has 1 amide bonds. The molecule has 88 valence electrons. The number of primary amides is 1. The second-order valence-electron chi connectivity index (χ2n) is 3.40. The number of hydrogen-bond donors (Lipinski definition) is 2. The molecule has 1 aromatic carbocycles. The summed E-state index contributed by atoms with van der Waals surface area (Å²) in [4.78, 5) is 11.2. The number of benzene rings is 1. The van der Waals surface area contributed by atoms with Gasteiger partial charge in [0.2, 0.25) is 5.91 Å². The van der Waals surface area contributed by atoms with Crippen LogP contribution in [0.3, 0.4) is 0 Å². The molecule has 3 N–H and O–H groups in total. The van der Waals surface area contributed by atoms with E-state index in [1.54, 1.807) is 24.3 Å². The highest BCUT2D eigenvalue weighted by Crippen LogP contribution is 2.17. The monoisotopic (exact) mass is 244 g/mol. The fraction of sp³-hybridized carbons (Fsp3) is 0.364. The Hall–Kier alpha value is -1.13. The second-order valence-corrected chi connectivity index (χ2v) is 3.84. The van der Waals surface area contributed by atoms with Crippen LogP contribution in [-0.2, 0) is 4.79 Å². The first kappa shape index (κ1) is 12.9. The molecule has 3 nitrogen and oxygen atoms in total. The van der Waals surface area contributed by atoms with Crippen molar-refractivity contribution >= 4 is 17.5 Å². The van der Waals surface area contributed by atoms with Gasteiger partial charge < -0.3 is 11.1 Å². The van der Waals surface area contributed by atoms with E-state index in [0.717, 1.165) is 5.56 Å². The molecule has 0 spiro atoms. The predicted octanol–water partition coefficient (Wildman–Crippen LogP) is 1.47. The van der Waals surface area contributed by atoms with Gasteiger partial charge in [-0.1, -0.05) is 23.7 Å². The summed E-state index contributed by atoms with van der Waals surface area (Å²) in [5.41, 5.74) is 6.06. The van der Waals surface area contributed by atoms with Crippen LogP contribution in [0.2, 0.25) is 5.02 Å². The van der Waals surface area contributed by atoms with Gasteiger partial charge in [-0.3, -0.25) is 4.79 Å². The number of carbonyl (C=O) groups is 1. The largest absolute Gasteiger partial charge is 0.369 e. The van der Waals surface area contributed by atoms with Crippen molar-refractivity contribution in [1.29, 1.82) is 0 Å². The van der Waals surface area contributed by atoms with Crippen LogP contribution in [0, 0.1) is 0 Å². The van der Waals surface area contributed by atoms with E-state index in [1.807, 2.05) is 0 Å². The fourth-order valence-electron chi connectivity index (χ4n) is 1.39. The lowest BCUT2D eigenvalue weighted by atomic mass is 9.98. The van der Waals surface area contributed by atoms with Crippen molar-refractivity contribution in [2.24, 2.45) is 5.73 Å². The molecule has 16 heavy (non-hydrogen) atoms. The SMILES string of the molecule is NC(=O)[C@H](CNCCF)c1ccc(Cl)cc1. The summed E-state index contributed by atoms with van der Waals surface area (Å²) >= 11 is 5.74. The normalized spacial score (nSPS) is 12.4. The van der Waals surface area contributed by atoms with E-state index in [2.05, 4.69) is 5.32 Å². The third-order valence-electron chi connectivity index (χ3n) is 2.24. The summed E-state index contributed by atoms with van der Waals surface area (Å²) in [7, 11) is 0. The molecule has 0 saturated carbocycles. The number of halogens is 2. The Balaban J connectivity index is 2.69. The van der Waals surface area contributed by atoms with Crippen LogP contribution in [0.5, 0.6) is 0 Å². The van der Waals surface area contributed by atoms with Crippen molar-refractivity contribution in [3.63, 3.8) is 0 Å². The molecule has 0 aromatic heterocycles. The Morgan fingerprint density at radius 2 is 2.06 bits per heavy atom. The molecule has 1 rings (SSSR count). The zero-order valence-electron chi connectivity index (χ0n) is 8.75. The lowest BCUT2D eigenvalue weighted by Crippen LogP contribution is -2.32. The fourth-order valence-corrected chi connectivity index (χ4v) is 1.52. The Bertz CT molecular complexity index is 342. The molecule has 0 heterocycles. The van der Waals surface area contributed by atoms with E-state index in [4.69, 9.17) is 17.3 Å². The summed E-state index contributed by atoms with van der Waals surface area (Å²) in [6.07, 6.45) is 0. The number of alkyl halides is 1. The zero-order chi connectivity index (χ0) is 12.0. The molecule has 0 aliphatic heterocycles. The summed E-state index contributed by atoms with van der Waals surface area (Å²) < 4.78 is 11.9. The molecular formula is C11H14ClFN2O. The number of nitrogens with one attached hydrogen (secondary N) is 1. The summed E-state index contributed by atoms with van der Waals surface area (Å²) in [6, 6.07) is 6.88. The minimum Gasteiger partial charge on any atom is -0.369 e. The van der Waals surface area contributed by atoms with Crippen LogP contribution in [0.15, 0.2) is 24.3 Å². The number of amides is 1. The molecule has 0 saturated heterocycles. The average Bonchev–Trinajstić information content (AvgIpc) is 2.26. The van der Waals surface area contributed by atoms with Gasteiger partial charge in [0.25, 0.3) is 0 Å². The third-order valence-corrected chi connectivity index (χ3v) is 2.49. The van der Waals surface area contributed by atoms with Gasteiger partial charge in [-0.2, -0.15) is 0 Å². The van der Waals surface area contributed by atoms with E-state index >= 15 is 0 Å². The predicted molar refractivity (Wildman–Crippen MR) is 62.2 cm³/mol. The van der Waals surface area contributed by atoms with Gasteiger partial charge in [0.05, 0.1) is 5.92 Å². The highest BCUT2D eigenvalue weighted by Gasteiger charge is 2.16. The standard InChI is InChI=1S/C11H14ClFN2O/c12-9-3-1-8(2-4-9)10(11(14)16)7-15-6-5-13/h1-4,10,15H,5-7H2,(H2,14,16)/t10-/m1/s1. The van der Waals surface area contributed by atoms with E-state index in [-0.39, 0.29) is 6.54 Å². The Morgan fingerprint density at radius 1 is 1.44 bits per heavy atom. The van der Waals surface area contributed by atoms with Gasteiger partial charge in [0.1, 0.15) is 6.67 Å². The average molecular weight is 245 g/mol. The van der Waals surface area contributed by atoms with Gasteiger partial charge >= 0.3 is 0 Å². The van der Waals surface area contributed by atoms with Crippen LogP contribution in [0.25, 0.3) is 0 Å². The molecular weight excluding hydrogens is 231 g/mol. The maximum absolute atomic E-state index is 11.9. The molecule has 0 aliphatic carbocycles. The molecule has 0 aliphatic rings. The van der Waals surface area contributed by atoms with Crippen molar-refractivity contribution in [2.45, 2.75) is 5.92 Å². The second kappa shape index (κ2) is 6.45. The van der Waals surface area contributed by atoms with Gasteiger partial charge in [-0.05, 0) is 17.7 Å². The Labute approximate surface area is 98.8 Å². The lowest BCUT2D eigenvalue weighted by molar-refractivity contribution is -0.119. The quantitative estimate of drug-likeness (QED) is 0.745. The number of nitrogens with two attached hydrogens (primary N) is 1. The topological polar surface area (TPSA) is 55.1 Å². The van der Waals surface area contributed by atoms with Crippen LogP contribution in [0.4, 0.5) is 4.39 Å². The van der Waals surface area contributed by atoms with E-state index in [1.165, 1.54) is 0 Å². The molecule has 0 bridgehead atoms. The van der Waals surface area contributed by atoms with E-state index in [0.29, 0.717) is 11.6 Å². The first-order valence-corrected chi connectivity index (χ1v) is 5.34. The third kappa shape index (κ3) is 3.79.